The van der Waals surface area contributed by atoms with E-state index in [2.05, 4.69) is 10.1 Å². The van der Waals surface area contributed by atoms with Crippen molar-refractivity contribution in [1.29, 1.82) is 0 Å². The van der Waals surface area contributed by atoms with Gasteiger partial charge in [0.15, 0.2) is 11.5 Å². The van der Waals surface area contributed by atoms with Gasteiger partial charge in [0.2, 0.25) is 5.95 Å². The van der Waals surface area contributed by atoms with E-state index in [9.17, 15) is 18.0 Å². The molecular formula is C29H28F3N3O5. The first kappa shape index (κ1) is 28.3. The monoisotopic (exact) mass is 555 g/mol. The number of nitrogens with zero attached hydrogens (tertiary/aromatic N) is 2. The SMILES string of the molecule is COc1ccc(Cc2nc(NC(=O)c3ccc(OC(F)(F)F)cc3)n(C)c2Cc2ccc(OC)c(OC)c2)cc1. The van der Waals surface area contributed by atoms with Gasteiger partial charge >= 0.3 is 6.36 Å². The molecule has 11 heteroatoms. The smallest absolute Gasteiger partial charge is 0.497 e. The number of carbonyl (C=O) groups excluding carboxylic acids is 1. The summed E-state index contributed by atoms with van der Waals surface area (Å²) in [7, 11) is 6.52. The second kappa shape index (κ2) is 12.0. The molecule has 8 nitrogen and oxygen atoms in total. The molecule has 4 rings (SSSR count). The lowest BCUT2D eigenvalue weighted by Crippen LogP contribution is -2.18. The van der Waals surface area contributed by atoms with E-state index in [1.54, 1.807) is 32.9 Å². The Bertz CT molecular complexity index is 1470. The number of methoxy groups -OCH3 is 3. The lowest BCUT2D eigenvalue weighted by molar-refractivity contribution is -0.274. The number of halogens is 3. The first-order valence-electron chi connectivity index (χ1n) is 12.2. The van der Waals surface area contributed by atoms with Gasteiger partial charge in [0.1, 0.15) is 11.5 Å². The van der Waals surface area contributed by atoms with Gasteiger partial charge in [-0.25, -0.2) is 4.98 Å². The second-order valence-electron chi connectivity index (χ2n) is 8.81. The number of nitrogens with one attached hydrogen (secondary N) is 1. The molecule has 0 aliphatic heterocycles. The number of benzene rings is 3. The number of ether oxygens (including phenoxy) is 4. The number of amides is 1. The molecule has 0 bridgehead atoms. The normalized spacial score (nSPS) is 11.2. The third-order valence-electron chi connectivity index (χ3n) is 6.22. The van der Waals surface area contributed by atoms with Crippen LogP contribution in [-0.2, 0) is 19.9 Å². The molecule has 1 N–H and O–H groups in total. The van der Waals surface area contributed by atoms with Crippen molar-refractivity contribution < 1.29 is 36.9 Å². The van der Waals surface area contributed by atoms with E-state index >= 15 is 0 Å². The summed E-state index contributed by atoms with van der Waals surface area (Å²) in [6.45, 7) is 0. The molecule has 0 unspecified atom stereocenters. The molecule has 0 spiro atoms. The molecule has 0 saturated carbocycles. The van der Waals surface area contributed by atoms with Crippen LogP contribution in [0.5, 0.6) is 23.0 Å². The number of rotatable bonds is 10. The van der Waals surface area contributed by atoms with Crippen LogP contribution in [0, 0.1) is 0 Å². The number of hydrogen-bond acceptors (Lipinski definition) is 6. The first-order valence-corrected chi connectivity index (χ1v) is 12.2. The summed E-state index contributed by atoms with van der Waals surface area (Å²) >= 11 is 0. The summed E-state index contributed by atoms with van der Waals surface area (Å²) < 4.78 is 59.1. The van der Waals surface area contributed by atoms with Gasteiger partial charge in [-0.05, 0) is 59.7 Å². The summed E-state index contributed by atoms with van der Waals surface area (Å²) in [5, 5.41) is 2.77. The quantitative estimate of drug-likeness (QED) is 0.267. The molecule has 4 aromatic rings. The Kier molecular flexibility index (Phi) is 8.52. The summed E-state index contributed by atoms with van der Waals surface area (Å²) in [6, 6.07) is 17.9. The summed E-state index contributed by atoms with van der Waals surface area (Å²) in [5.41, 5.74) is 3.68. The van der Waals surface area contributed by atoms with E-state index in [4.69, 9.17) is 19.2 Å². The zero-order valence-electron chi connectivity index (χ0n) is 22.3. The largest absolute Gasteiger partial charge is 0.573 e. The van der Waals surface area contributed by atoms with Crippen molar-refractivity contribution in [2.75, 3.05) is 26.6 Å². The zero-order valence-corrected chi connectivity index (χ0v) is 22.3. The maximum Gasteiger partial charge on any atom is 0.573 e. The first-order chi connectivity index (χ1) is 19.1. The highest BCUT2D eigenvalue weighted by Crippen LogP contribution is 2.30. The summed E-state index contributed by atoms with van der Waals surface area (Å²) in [6.07, 6.45) is -3.85. The van der Waals surface area contributed by atoms with E-state index in [1.807, 2.05) is 42.5 Å². The van der Waals surface area contributed by atoms with Crippen LogP contribution in [-0.4, -0.2) is 43.2 Å². The molecule has 1 heterocycles. The van der Waals surface area contributed by atoms with E-state index in [0.717, 1.165) is 40.4 Å². The highest BCUT2D eigenvalue weighted by molar-refractivity contribution is 6.03. The lowest BCUT2D eigenvalue weighted by Gasteiger charge is -2.12. The van der Waals surface area contributed by atoms with Gasteiger partial charge in [-0.1, -0.05) is 18.2 Å². The minimum atomic E-state index is -4.82. The number of alkyl halides is 3. The molecule has 0 fully saturated rings. The maximum atomic E-state index is 13.0. The number of anilines is 1. The van der Waals surface area contributed by atoms with Crippen molar-refractivity contribution in [1.82, 2.24) is 9.55 Å². The molecule has 1 amide bonds. The molecule has 1 aromatic heterocycles. The van der Waals surface area contributed by atoms with Crippen LogP contribution < -0.4 is 24.3 Å². The van der Waals surface area contributed by atoms with Gasteiger partial charge in [0.05, 0.1) is 27.0 Å². The van der Waals surface area contributed by atoms with Crippen molar-refractivity contribution in [3.8, 4) is 23.0 Å². The number of aromatic nitrogens is 2. The Morgan fingerprint density at radius 1 is 0.825 bits per heavy atom. The lowest BCUT2D eigenvalue weighted by atomic mass is 10.0. The molecule has 210 valence electrons. The fourth-order valence-electron chi connectivity index (χ4n) is 4.17. The van der Waals surface area contributed by atoms with Gasteiger partial charge in [-0.2, -0.15) is 0 Å². The number of hydrogen-bond donors (Lipinski definition) is 1. The zero-order chi connectivity index (χ0) is 28.9. The maximum absolute atomic E-state index is 13.0. The van der Waals surface area contributed by atoms with Gasteiger partial charge < -0.3 is 23.5 Å². The molecule has 0 radical (unpaired) electrons. The van der Waals surface area contributed by atoms with Gasteiger partial charge in [-0.3, -0.25) is 10.1 Å². The van der Waals surface area contributed by atoms with Crippen molar-refractivity contribution in [3.05, 3.63) is 94.8 Å². The second-order valence-corrected chi connectivity index (χ2v) is 8.81. The summed E-state index contributed by atoms with van der Waals surface area (Å²) in [4.78, 5) is 17.7. The van der Waals surface area contributed by atoms with Crippen molar-refractivity contribution in [2.24, 2.45) is 7.05 Å². The van der Waals surface area contributed by atoms with E-state index in [-0.39, 0.29) is 5.56 Å². The van der Waals surface area contributed by atoms with E-state index < -0.39 is 18.0 Å². The Morgan fingerprint density at radius 3 is 2.05 bits per heavy atom. The van der Waals surface area contributed by atoms with Gasteiger partial charge in [-0.15, -0.1) is 13.2 Å². The summed E-state index contributed by atoms with van der Waals surface area (Å²) in [5.74, 6) is 1.27. The predicted octanol–water partition coefficient (Wildman–Crippen LogP) is 5.78. The van der Waals surface area contributed by atoms with Crippen molar-refractivity contribution >= 4 is 11.9 Å². The minimum Gasteiger partial charge on any atom is -0.497 e. The molecule has 0 atom stereocenters. The van der Waals surface area contributed by atoms with Gasteiger partial charge in [0, 0.05) is 31.1 Å². The molecular weight excluding hydrogens is 527 g/mol. The fourth-order valence-corrected chi connectivity index (χ4v) is 4.17. The minimum absolute atomic E-state index is 0.149. The number of imidazole rings is 1. The molecule has 0 aliphatic rings. The van der Waals surface area contributed by atoms with Crippen LogP contribution in [0.3, 0.4) is 0 Å². The van der Waals surface area contributed by atoms with Crippen LogP contribution >= 0.6 is 0 Å². The van der Waals surface area contributed by atoms with Crippen LogP contribution in [0.25, 0.3) is 0 Å². The highest BCUT2D eigenvalue weighted by atomic mass is 19.4. The topological polar surface area (TPSA) is 83.8 Å². The standard InChI is InChI=1S/C29H28F3N3O5/c1-35-24(16-19-7-14-25(38-3)26(17-19)39-4)23(15-18-5-10-21(37-2)11-6-18)33-28(35)34-27(36)20-8-12-22(13-9-20)40-29(30,31)32/h5-14,17H,15-16H2,1-4H3,(H,33,34,36). The molecule has 0 aliphatic carbocycles. The average Bonchev–Trinajstić information content (AvgIpc) is 3.21. The fraction of sp³-hybridized carbons (Fsp3) is 0.241. The number of carbonyl (C=O) groups is 1. The van der Waals surface area contributed by atoms with Crippen LogP contribution in [0.2, 0.25) is 0 Å². The Morgan fingerprint density at radius 2 is 1.45 bits per heavy atom. The Labute approximate surface area is 229 Å². The van der Waals surface area contributed by atoms with E-state index in [1.165, 1.54) is 12.1 Å². The Hall–Kier alpha value is -4.67. The van der Waals surface area contributed by atoms with E-state index in [0.29, 0.717) is 30.3 Å². The molecule has 3 aromatic carbocycles. The third-order valence-corrected chi connectivity index (χ3v) is 6.22. The average molecular weight is 556 g/mol. The van der Waals surface area contributed by atoms with Crippen LogP contribution in [0.15, 0.2) is 66.7 Å². The van der Waals surface area contributed by atoms with Crippen molar-refractivity contribution in [3.63, 3.8) is 0 Å². The molecule has 40 heavy (non-hydrogen) atoms. The Balaban J connectivity index is 1.63. The predicted molar refractivity (Wildman–Crippen MR) is 142 cm³/mol. The van der Waals surface area contributed by atoms with Crippen molar-refractivity contribution in [2.45, 2.75) is 19.2 Å². The van der Waals surface area contributed by atoms with Gasteiger partial charge in [0.25, 0.3) is 5.91 Å². The highest BCUT2D eigenvalue weighted by Gasteiger charge is 2.31. The third kappa shape index (κ3) is 6.85. The van der Waals surface area contributed by atoms with Crippen LogP contribution in [0.1, 0.15) is 32.9 Å². The molecule has 0 saturated heterocycles. The van der Waals surface area contributed by atoms with Crippen LogP contribution in [0.4, 0.5) is 19.1 Å².